The van der Waals surface area contributed by atoms with E-state index in [1.807, 2.05) is 12.1 Å². The summed E-state index contributed by atoms with van der Waals surface area (Å²) in [5.74, 6) is -0.259. The molecule has 1 unspecified atom stereocenters. The van der Waals surface area contributed by atoms with E-state index in [9.17, 15) is 14.8 Å². The zero-order valence-electron chi connectivity index (χ0n) is 13.5. The Kier molecular flexibility index (Phi) is 3.71. The van der Waals surface area contributed by atoms with Crippen molar-refractivity contribution in [2.45, 2.75) is 42.7 Å². The molecule has 1 saturated carbocycles. The maximum absolute atomic E-state index is 14.2. The lowest BCUT2D eigenvalue weighted by Crippen LogP contribution is -2.46. The van der Waals surface area contributed by atoms with E-state index in [2.05, 4.69) is 11.1 Å². The molecule has 1 aromatic heterocycles. The van der Waals surface area contributed by atoms with Gasteiger partial charge in [-0.05, 0) is 48.4 Å². The van der Waals surface area contributed by atoms with Crippen molar-refractivity contribution in [1.82, 2.24) is 9.55 Å². The Labute approximate surface area is 150 Å². The maximum Gasteiger partial charge on any atom is 0.140 e. The largest absolute Gasteiger partial charge is 0.381 e. The van der Waals surface area contributed by atoms with Gasteiger partial charge in [-0.2, -0.15) is 5.26 Å². The van der Waals surface area contributed by atoms with Crippen LogP contribution in [0.5, 0.6) is 0 Å². The standard InChI is InChI=1S/C19H17ClFN3O/c20-18(7-8-18)19(25,11-24-12-23-10-13(24)9-22)16-5-1-4-15-14(16)3-2-6-17(15)21/h2-3,5-6,10,12,25H,1,4,7-8,11H2. The Bertz CT molecular complexity index is 910. The summed E-state index contributed by atoms with van der Waals surface area (Å²) in [6.07, 6.45) is 7.51. The highest BCUT2D eigenvalue weighted by atomic mass is 35.5. The van der Waals surface area contributed by atoms with Gasteiger partial charge in [0.2, 0.25) is 0 Å². The van der Waals surface area contributed by atoms with E-state index in [1.165, 1.54) is 18.6 Å². The second kappa shape index (κ2) is 5.69. The van der Waals surface area contributed by atoms with Crippen LogP contribution in [0, 0.1) is 17.1 Å². The lowest BCUT2D eigenvalue weighted by molar-refractivity contribution is 0.0691. The predicted molar refractivity (Wildman–Crippen MR) is 92.4 cm³/mol. The fraction of sp³-hybridized carbons (Fsp3) is 0.368. The minimum absolute atomic E-state index is 0.112. The molecule has 4 rings (SSSR count). The highest BCUT2D eigenvalue weighted by molar-refractivity contribution is 6.27. The first kappa shape index (κ1) is 16.3. The third-order valence-electron chi connectivity index (χ3n) is 5.25. The van der Waals surface area contributed by atoms with E-state index in [0.717, 1.165) is 0 Å². The highest BCUT2D eigenvalue weighted by Gasteiger charge is 2.60. The summed E-state index contributed by atoms with van der Waals surface area (Å²) in [5, 5.41) is 20.9. The number of allylic oxidation sites excluding steroid dienone is 1. The minimum Gasteiger partial charge on any atom is -0.381 e. The van der Waals surface area contributed by atoms with Crippen LogP contribution >= 0.6 is 11.6 Å². The van der Waals surface area contributed by atoms with E-state index >= 15 is 0 Å². The fourth-order valence-electron chi connectivity index (χ4n) is 3.71. The topological polar surface area (TPSA) is 61.8 Å². The SMILES string of the molecule is N#Cc1cncn1CC(O)(C1=CCCc2c(F)cccc21)C1(Cl)CC1. The number of fused-ring (bicyclic) bond motifs is 1. The monoisotopic (exact) mass is 357 g/mol. The van der Waals surface area contributed by atoms with Crippen LogP contribution in [0.15, 0.2) is 36.8 Å². The maximum atomic E-state index is 14.2. The van der Waals surface area contributed by atoms with Crippen molar-refractivity contribution in [3.8, 4) is 6.07 Å². The van der Waals surface area contributed by atoms with Crippen LogP contribution in [0.25, 0.3) is 5.57 Å². The molecule has 1 fully saturated rings. The van der Waals surface area contributed by atoms with Gasteiger partial charge in [-0.25, -0.2) is 9.37 Å². The van der Waals surface area contributed by atoms with Crippen molar-refractivity contribution in [3.05, 3.63) is 59.4 Å². The van der Waals surface area contributed by atoms with Gasteiger partial charge in [0.05, 0.1) is 23.9 Å². The molecule has 0 radical (unpaired) electrons. The smallest absolute Gasteiger partial charge is 0.140 e. The van der Waals surface area contributed by atoms with Crippen molar-refractivity contribution in [1.29, 1.82) is 5.26 Å². The third-order valence-corrected chi connectivity index (χ3v) is 5.94. The Balaban J connectivity index is 1.83. The third kappa shape index (κ3) is 2.48. The second-order valence-corrected chi connectivity index (χ2v) is 7.49. The molecule has 0 saturated heterocycles. The molecule has 0 amide bonds. The molecule has 1 aromatic carbocycles. The molecular formula is C19H17ClFN3O. The number of hydrogen-bond acceptors (Lipinski definition) is 3. The van der Waals surface area contributed by atoms with Crippen molar-refractivity contribution >= 4 is 17.2 Å². The van der Waals surface area contributed by atoms with Gasteiger partial charge >= 0.3 is 0 Å². The van der Waals surface area contributed by atoms with Crippen LogP contribution < -0.4 is 0 Å². The molecule has 0 aliphatic heterocycles. The van der Waals surface area contributed by atoms with E-state index in [-0.39, 0.29) is 12.4 Å². The van der Waals surface area contributed by atoms with E-state index in [4.69, 9.17) is 11.6 Å². The molecule has 2 aliphatic rings. The average molecular weight is 358 g/mol. The fourth-order valence-corrected chi connectivity index (χ4v) is 3.96. The quantitative estimate of drug-likeness (QED) is 0.853. The molecule has 128 valence electrons. The summed E-state index contributed by atoms with van der Waals surface area (Å²) in [5.41, 5.74) is 0.933. The van der Waals surface area contributed by atoms with Crippen LogP contribution in [0.4, 0.5) is 4.39 Å². The molecule has 25 heavy (non-hydrogen) atoms. The first-order valence-electron chi connectivity index (χ1n) is 8.28. The van der Waals surface area contributed by atoms with E-state index in [1.54, 1.807) is 10.6 Å². The van der Waals surface area contributed by atoms with Crippen molar-refractivity contribution in [2.75, 3.05) is 0 Å². The summed E-state index contributed by atoms with van der Waals surface area (Å²) >= 11 is 6.70. The van der Waals surface area contributed by atoms with Gasteiger partial charge in [-0.15, -0.1) is 11.6 Å². The Morgan fingerprint density at radius 1 is 1.44 bits per heavy atom. The van der Waals surface area contributed by atoms with Gasteiger partial charge in [0.1, 0.15) is 23.2 Å². The summed E-state index contributed by atoms with van der Waals surface area (Å²) in [6, 6.07) is 6.99. The number of aromatic nitrogens is 2. The van der Waals surface area contributed by atoms with Crippen molar-refractivity contribution in [3.63, 3.8) is 0 Å². The summed E-state index contributed by atoms with van der Waals surface area (Å²) in [6.45, 7) is 0.112. The normalized spacial score (nSPS) is 20.2. The van der Waals surface area contributed by atoms with Crippen LogP contribution in [0.1, 0.15) is 36.1 Å². The van der Waals surface area contributed by atoms with E-state index < -0.39 is 10.5 Å². The van der Waals surface area contributed by atoms with Crippen LogP contribution in [0.2, 0.25) is 0 Å². The van der Waals surface area contributed by atoms with Crippen LogP contribution in [-0.2, 0) is 13.0 Å². The number of rotatable bonds is 4. The predicted octanol–water partition coefficient (Wildman–Crippen LogP) is 3.43. The van der Waals surface area contributed by atoms with E-state index in [0.29, 0.717) is 48.1 Å². The van der Waals surface area contributed by atoms with Crippen LogP contribution in [-0.4, -0.2) is 25.1 Å². The first-order valence-corrected chi connectivity index (χ1v) is 8.66. The number of halogens is 2. The molecule has 6 heteroatoms. The molecule has 4 nitrogen and oxygen atoms in total. The first-order chi connectivity index (χ1) is 12.0. The summed E-state index contributed by atoms with van der Waals surface area (Å²) in [4.78, 5) is 3.18. The number of hydrogen-bond donors (Lipinski definition) is 1. The number of aliphatic hydroxyl groups is 1. The van der Waals surface area contributed by atoms with Gasteiger partial charge in [0, 0.05) is 0 Å². The van der Waals surface area contributed by atoms with Gasteiger partial charge in [0.25, 0.3) is 0 Å². The second-order valence-electron chi connectivity index (χ2n) is 6.77. The zero-order chi connectivity index (χ0) is 17.7. The summed E-state index contributed by atoms with van der Waals surface area (Å²) in [7, 11) is 0. The minimum atomic E-state index is -1.40. The Morgan fingerprint density at radius 2 is 2.24 bits per heavy atom. The summed E-state index contributed by atoms with van der Waals surface area (Å²) < 4.78 is 15.8. The molecule has 0 spiro atoms. The van der Waals surface area contributed by atoms with Crippen molar-refractivity contribution in [2.24, 2.45) is 0 Å². The number of alkyl halides is 1. The van der Waals surface area contributed by atoms with Gasteiger partial charge in [-0.1, -0.05) is 18.2 Å². The lowest BCUT2D eigenvalue weighted by atomic mass is 9.77. The molecule has 1 heterocycles. The zero-order valence-corrected chi connectivity index (χ0v) is 14.3. The van der Waals surface area contributed by atoms with Gasteiger partial charge < -0.3 is 9.67 Å². The molecular weight excluding hydrogens is 341 g/mol. The number of benzene rings is 1. The Morgan fingerprint density at radius 3 is 2.96 bits per heavy atom. The van der Waals surface area contributed by atoms with Gasteiger partial charge in [0.15, 0.2) is 0 Å². The molecule has 2 aliphatic carbocycles. The number of nitrogens with zero attached hydrogens (tertiary/aromatic N) is 3. The average Bonchev–Trinajstić information content (AvgIpc) is 3.22. The Hall–Kier alpha value is -2.16. The molecule has 2 aromatic rings. The molecule has 0 bridgehead atoms. The highest BCUT2D eigenvalue weighted by Crippen LogP contribution is 2.57. The van der Waals surface area contributed by atoms with Crippen LogP contribution in [0.3, 0.4) is 0 Å². The number of nitriles is 1. The van der Waals surface area contributed by atoms with Crippen molar-refractivity contribution < 1.29 is 9.50 Å². The molecule has 1 N–H and O–H groups in total. The molecule has 1 atom stereocenters. The lowest BCUT2D eigenvalue weighted by Gasteiger charge is -2.38. The van der Waals surface area contributed by atoms with Gasteiger partial charge in [-0.3, -0.25) is 0 Å². The number of imidazole rings is 1.